The van der Waals surface area contributed by atoms with Gasteiger partial charge in [-0.1, -0.05) is 0 Å². The molecule has 0 saturated carbocycles. The molecule has 2 saturated heterocycles. The molecular weight excluding hydrogens is 224 g/mol. The number of aromatic nitrogens is 1. The highest BCUT2D eigenvalue weighted by atomic mass is 16.5. The Kier molecular flexibility index (Phi) is 3.62. The van der Waals surface area contributed by atoms with Crippen LogP contribution < -0.4 is 5.32 Å². The molecule has 1 spiro atoms. The second-order valence-electron chi connectivity index (χ2n) is 5.78. The minimum atomic E-state index is 0.469. The standard InChI is InChI=1S/C15H22N2O/c1(13-3-7-16-8-4-13)2-14-11-15(12-18-14)5-9-17-10-6-15/h3-4,7-8,14,17H,1-2,5-6,9-12H2. The lowest BCUT2D eigenvalue weighted by Gasteiger charge is -2.32. The van der Waals surface area contributed by atoms with Gasteiger partial charge in [-0.3, -0.25) is 4.98 Å². The molecule has 0 aliphatic carbocycles. The Balaban J connectivity index is 1.50. The van der Waals surface area contributed by atoms with Gasteiger partial charge in [-0.2, -0.15) is 0 Å². The molecule has 0 bridgehead atoms. The summed E-state index contributed by atoms with van der Waals surface area (Å²) < 4.78 is 6.02. The molecule has 1 N–H and O–H groups in total. The lowest BCUT2D eigenvalue weighted by molar-refractivity contribution is 0.0824. The van der Waals surface area contributed by atoms with Crippen molar-refractivity contribution in [2.75, 3.05) is 19.7 Å². The first kappa shape index (κ1) is 12.1. The summed E-state index contributed by atoms with van der Waals surface area (Å²) in [6.07, 6.45) is 10.3. The van der Waals surface area contributed by atoms with E-state index in [0.29, 0.717) is 11.5 Å². The van der Waals surface area contributed by atoms with Crippen molar-refractivity contribution in [3.05, 3.63) is 30.1 Å². The molecule has 3 rings (SSSR count). The van der Waals surface area contributed by atoms with Gasteiger partial charge in [-0.25, -0.2) is 0 Å². The van der Waals surface area contributed by atoms with Gasteiger partial charge in [-0.15, -0.1) is 0 Å². The maximum absolute atomic E-state index is 6.02. The monoisotopic (exact) mass is 246 g/mol. The van der Waals surface area contributed by atoms with E-state index in [4.69, 9.17) is 4.74 Å². The number of aryl methyl sites for hydroxylation is 1. The largest absolute Gasteiger partial charge is 0.378 e. The Hall–Kier alpha value is -0.930. The molecule has 0 radical (unpaired) electrons. The zero-order valence-corrected chi connectivity index (χ0v) is 10.9. The molecule has 1 atom stereocenters. The molecular formula is C15H22N2O. The van der Waals surface area contributed by atoms with Crippen LogP contribution in [0.1, 0.15) is 31.2 Å². The van der Waals surface area contributed by atoms with E-state index in [1.807, 2.05) is 12.4 Å². The molecule has 98 valence electrons. The Morgan fingerprint density at radius 3 is 2.83 bits per heavy atom. The molecule has 3 heteroatoms. The Morgan fingerprint density at radius 1 is 1.28 bits per heavy atom. The predicted molar refractivity (Wildman–Crippen MR) is 71.5 cm³/mol. The summed E-state index contributed by atoms with van der Waals surface area (Å²) in [5, 5.41) is 3.45. The third-order valence-corrected chi connectivity index (χ3v) is 4.45. The second-order valence-corrected chi connectivity index (χ2v) is 5.78. The summed E-state index contributed by atoms with van der Waals surface area (Å²) in [4.78, 5) is 4.06. The van der Waals surface area contributed by atoms with Gasteiger partial charge in [0.25, 0.3) is 0 Å². The Morgan fingerprint density at radius 2 is 2.06 bits per heavy atom. The fourth-order valence-electron chi connectivity index (χ4n) is 3.26. The fraction of sp³-hybridized carbons (Fsp3) is 0.667. The van der Waals surface area contributed by atoms with E-state index in [1.54, 1.807) is 0 Å². The normalized spacial score (nSPS) is 26.6. The lowest BCUT2D eigenvalue weighted by Crippen LogP contribution is -2.37. The van der Waals surface area contributed by atoms with E-state index in [-0.39, 0.29) is 0 Å². The molecule has 1 unspecified atom stereocenters. The summed E-state index contributed by atoms with van der Waals surface area (Å²) in [5.74, 6) is 0. The Bertz CT molecular complexity index is 373. The highest BCUT2D eigenvalue weighted by Crippen LogP contribution is 2.41. The minimum Gasteiger partial charge on any atom is -0.378 e. The quantitative estimate of drug-likeness (QED) is 0.887. The van der Waals surface area contributed by atoms with Crippen molar-refractivity contribution in [3.8, 4) is 0 Å². The number of piperidine rings is 1. The van der Waals surface area contributed by atoms with Crippen LogP contribution >= 0.6 is 0 Å². The number of ether oxygens (including phenoxy) is 1. The average molecular weight is 246 g/mol. The Labute approximate surface area is 109 Å². The van der Waals surface area contributed by atoms with E-state index in [1.165, 1.54) is 37.9 Å². The summed E-state index contributed by atoms with van der Waals surface area (Å²) in [6.45, 7) is 3.32. The summed E-state index contributed by atoms with van der Waals surface area (Å²) in [5.41, 5.74) is 1.87. The molecule has 2 aliphatic rings. The van der Waals surface area contributed by atoms with Crippen LogP contribution in [0, 0.1) is 5.41 Å². The van der Waals surface area contributed by atoms with Crippen molar-refractivity contribution in [2.24, 2.45) is 5.41 Å². The van der Waals surface area contributed by atoms with Gasteiger partial charge in [0.1, 0.15) is 0 Å². The van der Waals surface area contributed by atoms with Crippen LogP contribution in [0.5, 0.6) is 0 Å². The van der Waals surface area contributed by atoms with Crippen molar-refractivity contribution < 1.29 is 4.74 Å². The van der Waals surface area contributed by atoms with Crippen LogP contribution in [0.2, 0.25) is 0 Å². The second kappa shape index (κ2) is 5.37. The van der Waals surface area contributed by atoms with E-state index < -0.39 is 0 Å². The number of rotatable bonds is 3. The molecule has 3 heterocycles. The number of nitrogens with one attached hydrogen (secondary N) is 1. The van der Waals surface area contributed by atoms with Crippen molar-refractivity contribution >= 4 is 0 Å². The van der Waals surface area contributed by atoms with Crippen LogP contribution in [0.15, 0.2) is 24.5 Å². The van der Waals surface area contributed by atoms with Gasteiger partial charge in [-0.05, 0) is 68.3 Å². The van der Waals surface area contributed by atoms with Gasteiger partial charge >= 0.3 is 0 Å². The minimum absolute atomic E-state index is 0.469. The van der Waals surface area contributed by atoms with Crippen LogP contribution in [0.3, 0.4) is 0 Å². The van der Waals surface area contributed by atoms with E-state index >= 15 is 0 Å². The third-order valence-electron chi connectivity index (χ3n) is 4.45. The van der Waals surface area contributed by atoms with Gasteiger partial charge in [0.2, 0.25) is 0 Å². The molecule has 18 heavy (non-hydrogen) atoms. The smallest absolute Gasteiger partial charge is 0.0584 e. The average Bonchev–Trinajstić information content (AvgIpc) is 2.82. The first-order chi connectivity index (χ1) is 8.86. The van der Waals surface area contributed by atoms with E-state index in [9.17, 15) is 0 Å². The van der Waals surface area contributed by atoms with Gasteiger partial charge < -0.3 is 10.1 Å². The topological polar surface area (TPSA) is 34.1 Å². The van der Waals surface area contributed by atoms with Crippen molar-refractivity contribution in [2.45, 2.75) is 38.2 Å². The number of hydrogen-bond donors (Lipinski definition) is 1. The third kappa shape index (κ3) is 2.73. The molecule has 1 aromatic heterocycles. The number of pyridine rings is 1. The molecule has 2 aliphatic heterocycles. The van der Waals surface area contributed by atoms with E-state index in [0.717, 1.165) is 19.4 Å². The SMILES string of the molecule is c1cc(CCC2CC3(CCNCC3)CO2)ccn1. The zero-order chi connectivity index (χ0) is 12.3. The van der Waals surface area contributed by atoms with Crippen molar-refractivity contribution in [1.29, 1.82) is 0 Å². The maximum Gasteiger partial charge on any atom is 0.0584 e. The van der Waals surface area contributed by atoms with Crippen LogP contribution in [-0.4, -0.2) is 30.8 Å². The first-order valence-electron chi connectivity index (χ1n) is 7.08. The van der Waals surface area contributed by atoms with Gasteiger partial charge in [0.15, 0.2) is 0 Å². The summed E-state index contributed by atoms with van der Waals surface area (Å²) in [6, 6.07) is 4.21. The zero-order valence-electron chi connectivity index (χ0n) is 10.9. The highest BCUT2D eigenvalue weighted by molar-refractivity contribution is 5.10. The summed E-state index contributed by atoms with van der Waals surface area (Å²) in [7, 11) is 0. The van der Waals surface area contributed by atoms with Crippen LogP contribution in [-0.2, 0) is 11.2 Å². The first-order valence-corrected chi connectivity index (χ1v) is 7.08. The van der Waals surface area contributed by atoms with Gasteiger partial charge in [0.05, 0.1) is 12.7 Å². The van der Waals surface area contributed by atoms with Crippen LogP contribution in [0.25, 0.3) is 0 Å². The predicted octanol–water partition coefficient (Wildman–Crippen LogP) is 2.17. The van der Waals surface area contributed by atoms with Crippen LogP contribution in [0.4, 0.5) is 0 Å². The van der Waals surface area contributed by atoms with Gasteiger partial charge in [0, 0.05) is 12.4 Å². The molecule has 0 amide bonds. The molecule has 3 nitrogen and oxygen atoms in total. The summed E-state index contributed by atoms with van der Waals surface area (Å²) >= 11 is 0. The molecule has 1 aromatic rings. The lowest BCUT2D eigenvalue weighted by atomic mass is 9.77. The van der Waals surface area contributed by atoms with Crippen molar-refractivity contribution in [1.82, 2.24) is 10.3 Å². The number of nitrogens with zero attached hydrogens (tertiary/aromatic N) is 1. The molecule has 0 aromatic carbocycles. The van der Waals surface area contributed by atoms with E-state index in [2.05, 4.69) is 22.4 Å². The fourth-order valence-corrected chi connectivity index (χ4v) is 3.26. The number of hydrogen-bond acceptors (Lipinski definition) is 3. The highest BCUT2D eigenvalue weighted by Gasteiger charge is 2.40. The molecule has 2 fully saturated rings. The maximum atomic E-state index is 6.02. The van der Waals surface area contributed by atoms with Crippen molar-refractivity contribution in [3.63, 3.8) is 0 Å².